The Morgan fingerprint density at radius 1 is 1.10 bits per heavy atom. The summed E-state index contributed by atoms with van der Waals surface area (Å²) in [6, 6.07) is 11.9. The second-order valence-electron chi connectivity index (χ2n) is 7.06. The summed E-state index contributed by atoms with van der Waals surface area (Å²) in [5.74, 6) is -1.03. The topological polar surface area (TPSA) is 68.1 Å². The van der Waals surface area contributed by atoms with E-state index in [4.69, 9.17) is 9.57 Å². The number of carboxylic acid groups (broad SMARTS) is 1. The second-order valence-corrected chi connectivity index (χ2v) is 7.06. The Kier molecular flexibility index (Phi) is 8.00. The number of aliphatic carboxylic acids is 1. The van der Waals surface area contributed by atoms with Crippen LogP contribution in [0.5, 0.6) is 0 Å². The maximum atomic E-state index is 12.6. The highest BCUT2D eigenvalue weighted by Gasteiger charge is 2.29. The summed E-state index contributed by atoms with van der Waals surface area (Å²) in [4.78, 5) is 16.6. The lowest BCUT2D eigenvalue weighted by atomic mass is 10.0. The summed E-state index contributed by atoms with van der Waals surface area (Å²) in [5.41, 5.74) is 1.92. The largest absolute Gasteiger partial charge is 0.479 e. The summed E-state index contributed by atoms with van der Waals surface area (Å²) < 4.78 is 43.2. The van der Waals surface area contributed by atoms with Crippen LogP contribution in [0.25, 0.3) is 0 Å². The van der Waals surface area contributed by atoms with E-state index in [1.165, 1.54) is 12.1 Å². The summed E-state index contributed by atoms with van der Waals surface area (Å²) in [7, 11) is 0. The first-order chi connectivity index (χ1) is 14.1. The first kappa shape index (κ1) is 23.4. The number of hydrogen-bond acceptors (Lipinski definition) is 4. The van der Waals surface area contributed by atoms with Gasteiger partial charge in [0, 0.05) is 6.42 Å². The van der Waals surface area contributed by atoms with Crippen LogP contribution in [0.15, 0.2) is 53.7 Å². The molecule has 0 amide bonds. The summed E-state index contributed by atoms with van der Waals surface area (Å²) in [5, 5.41) is 13.3. The van der Waals surface area contributed by atoms with Crippen molar-refractivity contribution in [2.24, 2.45) is 5.16 Å². The van der Waals surface area contributed by atoms with E-state index in [0.29, 0.717) is 11.3 Å². The van der Waals surface area contributed by atoms with Gasteiger partial charge in [-0.15, -0.1) is 0 Å². The van der Waals surface area contributed by atoms with Gasteiger partial charge in [-0.3, -0.25) is 0 Å². The zero-order valence-corrected chi connectivity index (χ0v) is 16.9. The highest BCUT2D eigenvalue weighted by atomic mass is 19.4. The van der Waals surface area contributed by atoms with Crippen LogP contribution in [-0.4, -0.2) is 29.0 Å². The molecule has 0 saturated heterocycles. The molecule has 0 aliphatic carbocycles. The molecule has 0 heterocycles. The Hall–Kier alpha value is -2.87. The summed E-state index contributed by atoms with van der Waals surface area (Å²) in [6.07, 6.45) is -5.33. The molecule has 0 saturated carbocycles. The number of alkyl halides is 3. The molecule has 2 rings (SSSR count). The SMILES string of the molecule is CC(=NOCc1ccc(C(F)(F)F)cc1)c1cccc(CC(OC(C)C)C(=O)O)c1. The monoisotopic (exact) mass is 423 g/mol. The molecule has 2 aromatic rings. The lowest BCUT2D eigenvalue weighted by molar-refractivity contribution is -0.153. The Morgan fingerprint density at radius 2 is 1.77 bits per heavy atom. The van der Waals surface area contributed by atoms with Crippen molar-refractivity contribution < 1.29 is 32.6 Å². The maximum Gasteiger partial charge on any atom is 0.416 e. The molecular weight excluding hydrogens is 399 g/mol. The Bertz CT molecular complexity index is 877. The number of carbonyl (C=O) groups is 1. The lowest BCUT2D eigenvalue weighted by Crippen LogP contribution is -2.29. The number of nitrogens with zero attached hydrogens (tertiary/aromatic N) is 1. The van der Waals surface area contributed by atoms with Crippen molar-refractivity contribution in [3.63, 3.8) is 0 Å². The molecule has 1 atom stereocenters. The highest BCUT2D eigenvalue weighted by Crippen LogP contribution is 2.29. The van der Waals surface area contributed by atoms with Crippen LogP contribution in [0, 0.1) is 0 Å². The van der Waals surface area contributed by atoms with E-state index in [1.54, 1.807) is 39.0 Å². The van der Waals surface area contributed by atoms with Gasteiger partial charge in [0.1, 0.15) is 6.61 Å². The van der Waals surface area contributed by atoms with Crippen LogP contribution in [-0.2, 0) is 33.6 Å². The number of halogens is 3. The molecule has 0 radical (unpaired) electrons. The van der Waals surface area contributed by atoms with E-state index in [2.05, 4.69) is 5.16 Å². The molecule has 8 heteroatoms. The average molecular weight is 423 g/mol. The molecule has 30 heavy (non-hydrogen) atoms. The first-order valence-electron chi connectivity index (χ1n) is 9.36. The molecule has 5 nitrogen and oxygen atoms in total. The van der Waals surface area contributed by atoms with Crippen molar-refractivity contribution in [2.75, 3.05) is 0 Å². The number of rotatable bonds is 9. The van der Waals surface area contributed by atoms with E-state index < -0.39 is 23.8 Å². The van der Waals surface area contributed by atoms with Crippen molar-refractivity contribution in [1.29, 1.82) is 0 Å². The van der Waals surface area contributed by atoms with Gasteiger partial charge in [0.15, 0.2) is 6.10 Å². The van der Waals surface area contributed by atoms with E-state index in [0.717, 1.165) is 23.3 Å². The molecule has 0 aromatic heterocycles. The van der Waals surface area contributed by atoms with Gasteiger partial charge >= 0.3 is 12.1 Å². The maximum absolute atomic E-state index is 12.6. The van der Waals surface area contributed by atoms with E-state index in [-0.39, 0.29) is 19.1 Å². The Balaban J connectivity index is 2.01. The van der Waals surface area contributed by atoms with Crippen molar-refractivity contribution in [3.05, 3.63) is 70.8 Å². The van der Waals surface area contributed by atoms with E-state index in [1.807, 2.05) is 6.07 Å². The number of oxime groups is 1. The fraction of sp³-hybridized carbons (Fsp3) is 0.364. The Morgan fingerprint density at radius 3 is 2.33 bits per heavy atom. The minimum atomic E-state index is -4.38. The second kappa shape index (κ2) is 10.2. The van der Waals surface area contributed by atoms with Crippen LogP contribution < -0.4 is 0 Å². The van der Waals surface area contributed by atoms with Crippen LogP contribution in [0.3, 0.4) is 0 Å². The van der Waals surface area contributed by atoms with Crippen LogP contribution in [0.4, 0.5) is 13.2 Å². The number of hydrogen-bond donors (Lipinski definition) is 1. The number of ether oxygens (including phenoxy) is 1. The predicted octanol–water partition coefficient (Wildman–Crippen LogP) is 5.07. The van der Waals surface area contributed by atoms with Gasteiger partial charge in [0.25, 0.3) is 0 Å². The normalized spacial score (nSPS) is 13.4. The molecule has 1 N–H and O–H groups in total. The van der Waals surface area contributed by atoms with Crippen molar-refractivity contribution in [3.8, 4) is 0 Å². The highest BCUT2D eigenvalue weighted by molar-refractivity contribution is 5.98. The quantitative estimate of drug-likeness (QED) is 0.452. The number of benzene rings is 2. The summed E-state index contributed by atoms with van der Waals surface area (Å²) >= 11 is 0. The van der Waals surface area contributed by atoms with Gasteiger partial charge in [-0.25, -0.2) is 4.79 Å². The minimum Gasteiger partial charge on any atom is -0.479 e. The smallest absolute Gasteiger partial charge is 0.416 e. The molecule has 2 aromatic carbocycles. The predicted molar refractivity (Wildman–Crippen MR) is 106 cm³/mol. The molecular formula is C22H24F3NO4. The molecule has 0 spiro atoms. The van der Waals surface area contributed by atoms with Crippen molar-refractivity contribution in [1.82, 2.24) is 0 Å². The van der Waals surface area contributed by atoms with Crippen molar-refractivity contribution in [2.45, 2.75) is 52.2 Å². The van der Waals surface area contributed by atoms with Crippen LogP contribution in [0.1, 0.15) is 43.0 Å². The molecule has 1 unspecified atom stereocenters. The van der Waals surface area contributed by atoms with Crippen LogP contribution >= 0.6 is 0 Å². The van der Waals surface area contributed by atoms with Gasteiger partial charge in [-0.2, -0.15) is 13.2 Å². The third-order valence-electron chi connectivity index (χ3n) is 4.19. The summed E-state index contributed by atoms with van der Waals surface area (Å²) in [6.45, 7) is 5.30. The fourth-order valence-electron chi connectivity index (χ4n) is 2.71. The zero-order chi connectivity index (χ0) is 22.3. The average Bonchev–Trinajstić information content (AvgIpc) is 2.67. The number of carboxylic acids is 1. The van der Waals surface area contributed by atoms with Gasteiger partial charge in [-0.05, 0) is 55.7 Å². The molecule has 0 bridgehead atoms. The third kappa shape index (κ3) is 7.18. The Labute approximate surface area is 173 Å². The minimum absolute atomic E-state index is 0.0263. The molecule has 0 aliphatic rings. The first-order valence-corrected chi connectivity index (χ1v) is 9.36. The van der Waals surface area contributed by atoms with Gasteiger partial charge in [0.2, 0.25) is 0 Å². The molecule has 162 valence electrons. The van der Waals surface area contributed by atoms with Gasteiger partial charge in [0.05, 0.1) is 17.4 Å². The molecule has 0 fully saturated rings. The van der Waals surface area contributed by atoms with Crippen LogP contribution in [0.2, 0.25) is 0 Å². The van der Waals surface area contributed by atoms with E-state index in [9.17, 15) is 23.1 Å². The molecule has 0 aliphatic heterocycles. The standard InChI is InChI=1S/C22H24F3NO4/c1-14(2)30-20(21(27)28)12-17-5-4-6-18(11-17)15(3)26-29-13-16-7-9-19(10-8-16)22(23,24)25/h4-11,14,20H,12-13H2,1-3H3,(H,27,28). The van der Waals surface area contributed by atoms with Gasteiger partial charge in [-0.1, -0.05) is 35.5 Å². The lowest BCUT2D eigenvalue weighted by Gasteiger charge is -2.16. The zero-order valence-electron chi connectivity index (χ0n) is 16.9. The van der Waals surface area contributed by atoms with Gasteiger partial charge < -0.3 is 14.7 Å². The van der Waals surface area contributed by atoms with E-state index >= 15 is 0 Å². The third-order valence-corrected chi connectivity index (χ3v) is 4.19. The van der Waals surface area contributed by atoms with Crippen molar-refractivity contribution >= 4 is 11.7 Å². The fourth-order valence-corrected chi connectivity index (χ4v) is 2.71.